The third-order valence-electron chi connectivity index (χ3n) is 5.78. The number of amides is 2. The van der Waals surface area contributed by atoms with Gasteiger partial charge in [0, 0.05) is 5.92 Å². The van der Waals surface area contributed by atoms with E-state index >= 15 is 0 Å². The van der Waals surface area contributed by atoms with Gasteiger partial charge in [-0.15, -0.1) is 0 Å². The molecule has 3 heteroatoms. The Hall–Kier alpha value is -1.64. The van der Waals surface area contributed by atoms with Gasteiger partial charge in [-0.3, -0.25) is 9.59 Å². The van der Waals surface area contributed by atoms with Gasteiger partial charge in [-0.1, -0.05) is 39.0 Å². The van der Waals surface area contributed by atoms with Crippen LogP contribution >= 0.6 is 0 Å². The number of hydrogen-bond donors (Lipinski definition) is 0. The summed E-state index contributed by atoms with van der Waals surface area (Å²) in [6, 6.07) is 7.62. The maximum absolute atomic E-state index is 13.0. The molecule has 1 saturated heterocycles. The van der Waals surface area contributed by atoms with Crippen LogP contribution in [0, 0.1) is 23.7 Å². The van der Waals surface area contributed by atoms with Crippen molar-refractivity contribution < 1.29 is 9.59 Å². The zero-order valence-electron chi connectivity index (χ0n) is 12.6. The van der Waals surface area contributed by atoms with Gasteiger partial charge in [-0.2, -0.15) is 0 Å². The molecule has 3 rings (SSSR count). The number of benzene rings is 1. The van der Waals surface area contributed by atoms with Crippen LogP contribution in [0.3, 0.4) is 0 Å². The van der Waals surface area contributed by atoms with Crippen LogP contribution in [0.25, 0.3) is 0 Å². The predicted molar refractivity (Wildman–Crippen MR) is 78.3 cm³/mol. The Labute approximate surface area is 120 Å². The highest BCUT2D eigenvalue weighted by molar-refractivity contribution is 6.20. The Balaban J connectivity index is 2.15. The van der Waals surface area contributed by atoms with Crippen molar-refractivity contribution in [3.63, 3.8) is 0 Å². The quantitative estimate of drug-likeness (QED) is 0.735. The van der Waals surface area contributed by atoms with Crippen molar-refractivity contribution in [1.82, 2.24) is 0 Å². The summed E-state index contributed by atoms with van der Waals surface area (Å²) in [4.78, 5) is 27.2. The fourth-order valence-corrected chi connectivity index (χ4v) is 3.86. The second kappa shape index (κ2) is 3.94. The molecule has 1 heterocycles. The Bertz CT molecular complexity index is 605. The van der Waals surface area contributed by atoms with Crippen LogP contribution in [-0.2, 0) is 9.59 Å². The van der Waals surface area contributed by atoms with E-state index in [1.165, 1.54) is 4.90 Å². The average molecular weight is 271 g/mol. The fraction of sp³-hybridized carbons (Fsp3) is 0.529. The van der Waals surface area contributed by atoms with Gasteiger partial charge < -0.3 is 0 Å². The van der Waals surface area contributed by atoms with E-state index in [9.17, 15) is 9.59 Å². The molecule has 1 aromatic rings. The van der Waals surface area contributed by atoms with Gasteiger partial charge in [0.25, 0.3) is 0 Å². The molecule has 0 spiro atoms. The first-order valence-electron chi connectivity index (χ1n) is 7.25. The zero-order valence-corrected chi connectivity index (χ0v) is 12.6. The van der Waals surface area contributed by atoms with E-state index < -0.39 is 5.41 Å². The molecule has 2 bridgehead atoms. The van der Waals surface area contributed by atoms with Crippen molar-refractivity contribution in [1.29, 1.82) is 0 Å². The maximum atomic E-state index is 13.0. The highest BCUT2D eigenvalue weighted by Gasteiger charge is 2.64. The van der Waals surface area contributed by atoms with Crippen LogP contribution in [0.2, 0.25) is 0 Å². The molecule has 2 fully saturated rings. The Morgan fingerprint density at radius 2 is 1.80 bits per heavy atom. The first-order valence-corrected chi connectivity index (χ1v) is 7.25. The number of para-hydroxylation sites is 1. The smallest absolute Gasteiger partial charge is 0.240 e. The van der Waals surface area contributed by atoms with Crippen molar-refractivity contribution in [2.45, 2.75) is 40.5 Å². The summed E-state index contributed by atoms with van der Waals surface area (Å²) in [7, 11) is 0. The standard InChI is InChI=1S/C17H21NO2/c1-11-7-5-6-8-13(11)18-14(19)12-9-10-17(4,15(18)20)16(12,2)3/h5-8,12H,9-10H2,1-4H3. The molecule has 3 nitrogen and oxygen atoms in total. The first kappa shape index (κ1) is 13.3. The van der Waals surface area contributed by atoms with Gasteiger partial charge in [0.2, 0.25) is 11.8 Å². The summed E-state index contributed by atoms with van der Waals surface area (Å²) in [5.74, 6) is -0.107. The Morgan fingerprint density at radius 1 is 1.15 bits per heavy atom. The van der Waals surface area contributed by atoms with Crippen molar-refractivity contribution in [3.05, 3.63) is 29.8 Å². The molecule has 1 aliphatic heterocycles. The molecular formula is C17H21NO2. The van der Waals surface area contributed by atoms with Crippen molar-refractivity contribution in [2.75, 3.05) is 4.90 Å². The molecule has 1 aromatic carbocycles. The minimum Gasteiger partial charge on any atom is -0.274 e. The van der Waals surface area contributed by atoms with Crippen molar-refractivity contribution in [2.24, 2.45) is 16.7 Å². The summed E-state index contributed by atoms with van der Waals surface area (Å²) in [5.41, 5.74) is 1.03. The number of imide groups is 1. The van der Waals surface area contributed by atoms with Gasteiger partial charge in [0.05, 0.1) is 11.1 Å². The molecule has 2 aliphatic rings. The number of fused-ring (bicyclic) bond motifs is 2. The molecule has 0 N–H and O–H groups in total. The number of carbonyl (C=O) groups excluding carboxylic acids is 2. The van der Waals surface area contributed by atoms with Crippen LogP contribution < -0.4 is 4.90 Å². The topological polar surface area (TPSA) is 37.4 Å². The summed E-state index contributed by atoms with van der Waals surface area (Å²) < 4.78 is 0. The van der Waals surface area contributed by atoms with Crippen molar-refractivity contribution in [3.8, 4) is 0 Å². The highest BCUT2D eigenvalue weighted by Crippen LogP contribution is 2.60. The summed E-state index contributed by atoms with van der Waals surface area (Å²) in [5, 5.41) is 0. The molecule has 20 heavy (non-hydrogen) atoms. The number of hydrogen-bond acceptors (Lipinski definition) is 2. The molecule has 2 unspecified atom stereocenters. The maximum Gasteiger partial charge on any atom is 0.240 e. The molecule has 106 valence electrons. The molecule has 1 aliphatic carbocycles. The van der Waals surface area contributed by atoms with Crippen molar-refractivity contribution >= 4 is 17.5 Å². The third kappa shape index (κ3) is 1.41. The van der Waals surface area contributed by atoms with Crippen LogP contribution in [0.15, 0.2) is 24.3 Å². The molecular weight excluding hydrogens is 250 g/mol. The van der Waals surface area contributed by atoms with Crippen LogP contribution in [0.5, 0.6) is 0 Å². The van der Waals surface area contributed by atoms with Gasteiger partial charge >= 0.3 is 0 Å². The largest absolute Gasteiger partial charge is 0.274 e. The van der Waals surface area contributed by atoms with E-state index in [2.05, 4.69) is 13.8 Å². The van der Waals surface area contributed by atoms with E-state index in [0.717, 1.165) is 24.1 Å². The van der Waals surface area contributed by atoms with Gasteiger partial charge in [-0.25, -0.2) is 4.90 Å². The minimum atomic E-state index is -0.437. The van der Waals surface area contributed by atoms with E-state index in [-0.39, 0.29) is 23.1 Å². The minimum absolute atomic E-state index is 0.0238. The monoisotopic (exact) mass is 271 g/mol. The molecule has 2 atom stereocenters. The third-order valence-corrected chi connectivity index (χ3v) is 5.78. The number of nitrogens with zero attached hydrogens (tertiary/aromatic N) is 1. The van der Waals surface area contributed by atoms with E-state index in [4.69, 9.17) is 0 Å². The van der Waals surface area contributed by atoms with E-state index in [0.29, 0.717) is 0 Å². The highest BCUT2D eigenvalue weighted by atomic mass is 16.2. The Kier molecular flexibility index (Phi) is 2.63. The lowest BCUT2D eigenvalue weighted by Gasteiger charge is -2.47. The SMILES string of the molecule is Cc1ccccc1N1C(=O)C2CCC(C)(C1=O)C2(C)C. The van der Waals surface area contributed by atoms with E-state index in [1.807, 2.05) is 38.1 Å². The van der Waals surface area contributed by atoms with Crippen LogP contribution in [0.4, 0.5) is 5.69 Å². The molecule has 2 amide bonds. The lowest BCUT2D eigenvalue weighted by atomic mass is 9.62. The lowest BCUT2D eigenvalue weighted by Crippen LogP contribution is -2.59. The Morgan fingerprint density at radius 3 is 2.45 bits per heavy atom. The summed E-state index contributed by atoms with van der Waals surface area (Å²) in [6.07, 6.45) is 1.62. The van der Waals surface area contributed by atoms with Gasteiger partial charge in [0.1, 0.15) is 0 Å². The lowest BCUT2D eigenvalue weighted by molar-refractivity contribution is -0.146. The average Bonchev–Trinajstić information content (AvgIpc) is 2.57. The number of aryl methyl sites for hydroxylation is 1. The second-order valence-electron chi connectivity index (χ2n) is 6.91. The number of rotatable bonds is 1. The van der Waals surface area contributed by atoms with Crippen LogP contribution in [0.1, 0.15) is 39.2 Å². The van der Waals surface area contributed by atoms with Gasteiger partial charge in [-0.05, 0) is 36.8 Å². The molecule has 0 radical (unpaired) electrons. The van der Waals surface area contributed by atoms with Gasteiger partial charge in [0.15, 0.2) is 0 Å². The van der Waals surface area contributed by atoms with Crippen LogP contribution in [-0.4, -0.2) is 11.8 Å². The number of piperidine rings is 1. The fourth-order valence-electron chi connectivity index (χ4n) is 3.86. The molecule has 1 saturated carbocycles. The molecule has 0 aromatic heterocycles. The zero-order chi connectivity index (χ0) is 14.7. The predicted octanol–water partition coefficient (Wildman–Crippen LogP) is 3.31. The number of anilines is 1. The summed E-state index contributed by atoms with van der Waals surface area (Å²) >= 11 is 0. The normalized spacial score (nSPS) is 31.8. The second-order valence-corrected chi connectivity index (χ2v) is 6.91. The summed E-state index contributed by atoms with van der Waals surface area (Å²) in [6.45, 7) is 8.10. The van der Waals surface area contributed by atoms with E-state index in [1.54, 1.807) is 0 Å². The number of carbonyl (C=O) groups is 2. The first-order chi connectivity index (χ1) is 9.30.